The number of rotatable bonds is 6. The number of fused-ring (bicyclic) bond motifs is 3. The van der Waals surface area contributed by atoms with Crippen molar-refractivity contribution in [2.75, 3.05) is 14.2 Å². The van der Waals surface area contributed by atoms with Gasteiger partial charge in [0.2, 0.25) is 0 Å². The molecule has 0 aliphatic carbocycles. The number of ether oxygens (including phenoxy) is 2. The standard InChI is InChI=1S/C26H30N2O4/c1-16-12-23(32-3)22(21-9-11-27-24(16)21)15-28-19-8-10-26(28,14-20(13-19)31-2)18-6-4-17(5-7-18)25(29)30/h4-7,9,11-12,19-20,27H,8,10,13-15H2,1-3H3,(H,29,30)/t19-,20-,26?/m0/s1. The maximum Gasteiger partial charge on any atom is 0.335 e. The molecule has 6 heteroatoms. The summed E-state index contributed by atoms with van der Waals surface area (Å²) in [6.45, 7) is 2.88. The van der Waals surface area contributed by atoms with Crippen molar-refractivity contribution >= 4 is 16.9 Å². The summed E-state index contributed by atoms with van der Waals surface area (Å²) in [4.78, 5) is 17.4. The lowest BCUT2D eigenvalue weighted by molar-refractivity contribution is -0.0460. The van der Waals surface area contributed by atoms with Crippen LogP contribution in [0.5, 0.6) is 5.75 Å². The third-order valence-electron chi connectivity index (χ3n) is 7.64. The molecule has 2 bridgehead atoms. The van der Waals surface area contributed by atoms with E-state index in [0.717, 1.165) is 43.5 Å². The van der Waals surface area contributed by atoms with Crippen LogP contribution in [0.4, 0.5) is 0 Å². The summed E-state index contributed by atoms with van der Waals surface area (Å²) in [5.41, 5.74) is 4.83. The number of aromatic nitrogens is 1. The number of aromatic carboxylic acids is 1. The van der Waals surface area contributed by atoms with E-state index in [1.165, 1.54) is 22.1 Å². The number of hydrogen-bond donors (Lipinski definition) is 2. The third-order valence-corrected chi connectivity index (χ3v) is 7.64. The number of nitrogens with zero attached hydrogens (tertiary/aromatic N) is 1. The lowest BCUT2D eigenvalue weighted by atomic mass is 9.79. The molecule has 2 aliphatic heterocycles. The maximum absolute atomic E-state index is 11.4. The Morgan fingerprint density at radius 3 is 2.72 bits per heavy atom. The minimum atomic E-state index is -0.896. The Morgan fingerprint density at radius 1 is 1.25 bits per heavy atom. The number of aromatic amines is 1. The van der Waals surface area contributed by atoms with Gasteiger partial charge in [-0.25, -0.2) is 4.79 Å². The Bertz CT molecular complexity index is 1150. The second-order valence-electron chi connectivity index (χ2n) is 9.17. The molecule has 2 aliphatic rings. The minimum Gasteiger partial charge on any atom is -0.496 e. The molecule has 3 heterocycles. The molecule has 32 heavy (non-hydrogen) atoms. The number of carboxylic acid groups (broad SMARTS) is 1. The fourth-order valence-corrected chi connectivity index (χ4v) is 6.04. The molecule has 2 aromatic carbocycles. The summed E-state index contributed by atoms with van der Waals surface area (Å²) in [5.74, 6) is 0.0205. The number of H-pyrrole nitrogens is 1. The highest BCUT2D eigenvalue weighted by atomic mass is 16.5. The summed E-state index contributed by atoms with van der Waals surface area (Å²) >= 11 is 0. The molecule has 0 saturated carbocycles. The van der Waals surface area contributed by atoms with Crippen LogP contribution in [0.15, 0.2) is 42.6 Å². The highest BCUT2D eigenvalue weighted by Crippen LogP contribution is 2.52. The first-order valence-electron chi connectivity index (χ1n) is 11.2. The van der Waals surface area contributed by atoms with Crippen molar-refractivity contribution in [2.24, 2.45) is 0 Å². The van der Waals surface area contributed by atoms with E-state index in [1.54, 1.807) is 26.4 Å². The third kappa shape index (κ3) is 3.21. The zero-order valence-corrected chi connectivity index (χ0v) is 18.9. The predicted molar refractivity (Wildman–Crippen MR) is 123 cm³/mol. The van der Waals surface area contributed by atoms with Gasteiger partial charge in [0.1, 0.15) is 5.75 Å². The minimum absolute atomic E-state index is 0.181. The lowest BCUT2D eigenvalue weighted by Gasteiger charge is -2.48. The molecule has 1 unspecified atom stereocenters. The van der Waals surface area contributed by atoms with Crippen LogP contribution in [-0.4, -0.2) is 47.3 Å². The molecule has 1 aromatic heterocycles. The van der Waals surface area contributed by atoms with Crippen LogP contribution < -0.4 is 4.74 Å². The number of carbonyl (C=O) groups is 1. The molecule has 0 radical (unpaired) electrons. The van der Waals surface area contributed by atoms with E-state index in [1.807, 2.05) is 18.3 Å². The van der Waals surface area contributed by atoms with Crippen molar-refractivity contribution in [1.82, 2.24) is 9.88 Å². The highest BCUT2D eigenvalue weighted by molar-refractivity contribution is 5.88. The zero-order valence-electron chi connectivity index (χ0n) is 18.9. The average Bonchev–Trinajstić information content (AvgIpc) is 3.37. The number of carboxylic acids is 1. The van der Waals surface area contributed by atoms with Crippen LogP contribution in [0.25, 0.3) is 10.9 Å². The smallest absolute Gasteiger partial charge is 0.335 e. The van der Waals surface area contributed by atoms with E-state index in [4.69, 9.17) is 9.47 Å². The maximum atomic E-state index is 11.4. The first-order valence-corrected chi connectivity index (χ1v) is 11.2. The normalized spacial score (nSPS) is 25.3. The van der Waals surface area contributed by atoms with Gasteiger partial charge >= 0.3 is 5.97 Å². The lowest BCUT2D eigenvalue weighted by Crippen LogP contribution is -2.52. The molecule has 5 rings (SSSR count). The Morgan fingerprint density at radius 2 is 2.03 bits per heavy atom. The number of nitrogens with one attached hydrogen (secondary N) is 1. The second kappa shape index (κ2) is 7.94. The molecule has 168 valence electrons. The zero-order chi connectivity index (χ0) is 22.5. The number of hydrogen-bond acceptors (Lipinski definition) is 4. The Balaban J connectivity index is 1.60. The van der Waals surface area contributed by atoms with Gasteiger partial charge in [-0.05, 0) is 68.0 Å². The van der Waals surface area contributed by atoms with Crippen LogP contribution in [0, 0.1) is 6.92 Å². The average molecular weight is 435 g/mol. The first kappa shape index (κ1) is 21.0. The largest absolute Gasteiger partial charge is 0.496 e. The van der Waals surface area contributed by atoms with Gasteiger partial charge in [0.25, 0.3) is 0 Å². The Kier molecular flexibility index (Phi) is 5.22. The molecule has 0 spiro atoms. The molecule has 3 aromatic rings. The van der Waals surface area contributed by atoms with Gasteiger partial charge in [-0.2, -0.15) is 0 Å². The molecule has 2 fully saturated rings. The molecular weight excluding hydrogens is 404 g/mol. The molecular formula is C26H30N2O4. The fraction of sp³-hybridized carbons (Fsp3) is 0.423. The van der Waals surface area contributed by atoms with E-state index in [0.29, 0.717) is 11.6 Å². The van der Waals surface area contributed by atoms with Gasteiger partial charge in [0, 0.05) is 47.9 Å². The van der Waals surface area contributed by atoms with E-state index in [-0.39, 0.29) is 11.6 Å². The molecule has 0 amide bonds. The van der Waals surface area contributed by atoms with Crippen LogP contribution in [0.2, 0.25) is 0 Å². The summed E-state index contributed by atoms with van der Waals surface area (Å²) in [5, 5.41) is 10.6. The van der Waals surface area contributed by atoms with E-state index >= 15 is 0 Å². The van der Waals surface area contributed by atoms with E-state index < -0.39 is 5.97 Å². The summed E-state index contributed by atoms with van der Waals surface area (Å²) < 4.78 is 11.7. The van der Waals surface area contributed by atoms with Crippen molar-refractivity contribution in [1.29, 1.82) is 0 Å². The first-order chi connectivity index (χ1) is 15.5. The van der Waals surface area contributed by atoms with Crippen molar-refractivity contribution in [3.05, 3.63) is 64.8 Å². The van der Waals surface area contributed by atoms with Crippen LogP contribution in [-0.2, 0) is 16.8 Å². The van der Waals surface area contributed by atoms with Gasteiger partial charge in [-0.1, -0.05) is 12.1 Å². The second-order valence-corrected chi connectivity index (χ2v) is 9.17. The Hall–Kier alpha value is -2.83. The van der Waals surface area contributed by atoms with Crippen molar-refractivity contribution in [3.63, 3.8) is 0 Å². The Labute approximate surface area is 188 Å². The number of benzene rings is 2. The molecule has 2 saturated heterocycles. The fourth-order valence-electron chi connectivity index (χ4n) is 6.04. The summed E-state index contributed by atoms with van der Waals surface area (Å²) in [6.07, 6.45) is 6.24. The summed E-state index contributed by atoms with van der Waals surface area (Å²) in [6, 6.07) is 12.1. The van der Waals surface area contributed by atoms with E-state index in [2.05, 4.69) is 28.9 Å². The topological polar surface area (TPSA) is 74.8 Å². The SMILES string of the molecule is COc1cc(C)c2[nH]ccc2c1CN1[C@H]2CCC1(c1ccc(C(=O)O)cc1)C[C@@H](OC)C2. The van der Waals surface area contributed by atoms with Gasteiger partial charge < -0.3 is 19.6 Å². The van der Waals surface area contributed by atoms with Crippen molar-refractivity contribution in [2.45, 2.75) is 56.8 Å². The summed E-state index contributed by atoms with van der Waals surface area (Å²) in [7, 11) is 3.54. The number of piperidine rings is 1. The van der Waals surface area contributed by atoms with Gasteiger partial charge in [0.15, 0.2) is 0 Å². The van der Waals surface area contributed by atoms with Crippen LogP contribution in [0.1, 0.15) is 52.7 Å². The van der Waals surface area contributed by atoms with Crippen molar-refractivity contribution in [3.8, 4) is 5.75 Å². The van der Waals surface area contributed by atoms with Gasteiger partial charge in [-0.3, -0.25) is 4.90 Å². The highest BCUT2D eigenvalue weighted by Gasteiger charge is 2.52. The number of methoxy groups -OCH3 is 2. The van der Waals surface area contributed by atoms with Gasteiger partial charge in [-0.15, -0.1) is 0 Å². The molecule has 3 atom stereocenters. The van der Waals surface area contributed by atoms with Crippen molar-refractivity contribution < 1.29 is 19.4 Å². The number of aryl methyl sites for hydroxylation is 1. The quantitative estimate of drug-likeness (QED) is 0.580. The molecule has 6 nitrogen and oxygen atoms in total. The molecule has 2 N–H and O–H groups in total. The van der Waals surface area contributed by atoms with E-state index in [9.17, 15) is 9.90 Å². The van der Waals surface area contributed by atoms with Gasteiger partial charge in [0.05, 0.1) is 18.8 Å². The predicted octanol–water partition coefficient (Wildman–Crippen LogP) is 4.85. The van der Waals surface area contributed by atoms with Crippen LogP contribution in [0.3, 0.4) is 0 Å². The monoisotopic (exact) mass is 434 g/mol. The van der Waals surface area contributed by atoms with Crippen LogP contribution >= 0.6 is 0 Å².